The highest BCUT2D eigenvalue weighted by atomic mass is 32.2. The molecule has 5 nitrogen and oxygen atoms in total. The summed E-state index contributed by atoms with van der Waals surface area (Å²) in [5.41, 5.74) is 0. The summed E-state index contributed by atoms with van der Waals surface area (Å²) >= 11 is 0. The van der Waals surface area contributed by atoms with E-state index in [9.17, 15) is 13.2 Å². The molecule has 0 radical (unpaired) electrons. The average molecular weight is 283 g/mol. The number of nitrogens with zero attached hydrogens (tertiary/aromatic N) is 1. The van der Waals surface area contributed by atoms with Crippen LogP contribution in [0.4, 0.5) is 4.79 Å². The summed E-state index contributed by atoms with van der Waals surface area (Å²) < 4.78 is 28.2. The summed E-state index contributed by atoms with van der Waals surface area (Å²) in [6.07, 6.45) is -0.00383. The van der Waals surface area contributed by atoms with Gasteiger partial charge >= 0.3 is 6.09 Å². The number of carbonyl (C=O) groups excluding carboxylic acids is 1. The van der Waals surface area contributed by atoms with Crippen LogP contribution in [0.1, 0.15) is 13.3 Å². The molecule has 1 aromatic carbocycles. The van der Waals surface area contributed by atoms with E-state index in [2.05, 4.69) is 0 Å². The van der Waals surface area contributed by atoms with Crippen molar-refractivity contribution in [3.63, 3.8) is 0 Å². The van der Waals surface area contributed by atoms with E-state index >= 15 is 0 Å². The van der Waals surface area contributed by atoms with Gasteiger partial charge in [-0.2, -0.15) is 0 Å². The Morgan fingerprint density at radius 2 is 2.05 bits per heavy atom. The molecule has 2 rings (SSSR count). The Morgan fingerprint density at radius 1 is 1.37 bits per heavy atom. The molecule has 1 unspecified atom stereocenters. The van der Waals surface area contributed by atoms with E-state index in [1.807, 2.05) is 13.0 Å². The van der Waals surface area contributed by atoms with Gasteiger partial charge in [-0.25, -0.2) is 13.2 Å². The maximum absolute atomic E-state index is 12.1. The first-order valence-electron chi connectivity index (χ1n) is 6.26. The highest BCUT2D eigenvalue weighted by Gasteiger charge is 2.34. The number of hydrogen-bond acceptors (Lipinski definition) is 4. The number of hydrogen-bond donors (Lipinski definition) is 0. The van der Waals surface area contributed by atoms with Gasteiger partial charge in [-0.05, 0) is 25.5 Å². The summed E-state index contributed by atoms with van der Waals surface area (Å²) in [6, 6.07) is 8.50. The summed E-state index contributed by atoms with van der Waals surface area (Å²) in [5, 5.41) is 0. The molecule has 0 bridgehead atoms. The van der Waals surface area contributed by atoms with Gasteiger partial charge in [0.1, 0.15) is 5.75 Å². The summed E-state index contributed by atoms with van der Waals surface area (Å²) in [6.45, 7) is 2.25. The summed E-state index contributed by atoms with van der Waals surface area (Å²) in [4.78, 5) is 13.5. The molecule has 19 heavy (non-hydrogen) atoms. The van der Waals surface area contributed by atoms with E-state index in [0.29, 0.717) is 18.7 Å². The molecule has 1 atom stereocenters. The van der Waals surface area contributed by atoms with Crippen molar-refractivity contribution in [2.75, 3.05) is 18.1 Å². The average Bonchev–Trinajstić information content (AvgIpc) is 2.72. The zero-order valence-electron chi connectivity index (χ0n) is 10.8. The van der Waals surface area contributed by atoms with Crippen molar-refractivity contribution in [2.24, 2.45) is 0 Å². The monoisotopic (exact) mass is 283 g/mol. The molecule has 0 aromatic heterocycles. The number of amides is 1. The lowest BCUT2D eigenvalue weighted by atomic mass is 10.2. The van der Waals surface area contributed by atoms with E-state index in [-0.39, 0.29) is 17.5 Å². The fourth-order valence-corrected chi connectivity index (χ4v) is 3.94. The van der Waals surface area contributed by atoms with Crippen molar-refractivity contribution in [3.05, 3.63) is 30.3 Å². The molecule has 1 amide bonds. The highest BCUT2D eigenvalue weighted by molar-refractivity contribution is 7.91. The predicted octanol–water partition coefficient (Wildman–Crippen LogP) is 1.69. The van der Waals surface area contributed by atoms with Gasteiger partial charge < -0.3 is 9.64 Å². The van der Waals surface area contributed by atoms with Gasteiger partial charge in [-0.1, -0.05) is 18.2 Å². The minimum Gasteiger partial charge on any atom is -0.410 e. The number of carbonyl (C=O) groups is 1. The lowest BCUT2D eigenvalue weighted by molar-refractivity contribution is 0.139. The normalized spacial score (nSPS) is 21.0. The van der Waals surface area contributed by atoms with Gasteiger partial charge in [-0.3, -0.25) is 0 Å². The Balaban J connectivity index is 2.04. The van der Waals surface area contributed by atoms with Crippen molar-refractivity contribution in [2.45, 2.75) is 19.4 Å². The molecular weight excluding hydrogens is 266 g/mol. The summed E-state index contributed by atoms with van der Waals surface area (Å²) in [5.74, 6) is 0.643. The minimum atomic E-state index is -3.01. The lowest BCUT2D eigenvalue weighted by Gasteiger charge is -2.25. The van der Waals surface area contributed by atoms with Crippen LogP contribution in [-0.4, -0.2) is 43.5 Å². The molecule has 1 aromatic rings. The molecule has 6 heteroatoms. The molecule has 1 saturated heterocycles. The van der Waals surface area contributed by atoms with E-state index in [1.54, 1.807) is 24.3 Å². The van der Waals surface area contributed by atoms with Crippen LogP contribution in [0.2, 0.25) is 0 Å². The highest BCUT2D eigenvalue weighted by Crippen LogP contribution is 2.19. The van der Waals surface area contributed by atoms with E-state index in [4.69, 9.17) is 4.74 Å². The number of sulfone groups is 1. The van der Waals surface area contributed by atoms with Crippen molar-refractivity contribution >= 4 is 15.9 Å². The van der Waals surface area contributed by atoms with Gasteiger partial charge in [0.2, 0.25) is 0 Å². The van der Waals surface area contributed by atoms with Crippen molar-refractivity contribution < 1.29 is 17.9 Å². The van der Waals surface area contributed by atoms with Crippen LogP contribution < -0.4 is 4.74 Å². The first-order valence-corrected chi connectivity index (χ1v) is 8.08. The van der Waals surface area contributed by atoms with Crippen LogP contribution in [-0.2, 0) is 9.84 Å². The molecular formula is C13H17NO4S. The number of ether oxygens (including phenoxy) is 1. The quantitative estimate of drug-likeness (QED) is 0.847. The third kappa shape index (κ3) is 3.47. The largest absolute Gasteiger partial charge is 0.415 e. The zero-order valence-corrected chi connectivity index (χ0v) is 11.6. The number of benzene rings is 1. The van der Waals surface area contributed by atoms with Gasteiger partial charge in [0.25, 0.3) is 0 Å². The second-order valence-electron chi connectivity index (χ2n) is 4.52. The Labute approximate surface area is 113 Å². The van der Waals surface area contributed by atoms with Gasteiger partial charge in [0.15, 0.2) is 9.84 Å². The van der Waals surface area contributed by atoms with Crippen LogP contribution in [0.3, 0.4) is 0 Å². The molecule has 104 valence electrons. The molecule has 1 aliphatic heterocycles. The van der Waals surface area contributed by atoms with Crippen LogP contribution in [0.25, 0.3) is 0 Å². The molecule has 0 saturated carbocycles. The van der Waals surface area contributed by atoms with Crippen LogP contribution >= 0.6 is 0 Å². The Bertz CT molecular complexity index is 541. The predicted molar refractivity (Wildman–Crippen MR) is 71.9 cm³/mol. The van der Waals surface area contributed by atoms with Crippen LogP contribution in [0.15, 0.2) is 30.3 Å². The molecule has 1 aliphatic rings. The van der Waals surface area contributed by atoms with Crippen molar-refractivity contribution in [1.29, 1.82) is 0 Å². The SMILES string of the molecule is CCN(C(=O)Oc1ccccc1)C1CCS(=O)(=O)C1. The van der Waals surface area contributed by atoms with Crippen LogP contribution in [0.5, 0.6) is 5.75 Å². The standard InChI is InChI=1S/C13H17NO4S/c1-2-14(11-8-9-19(16,17)10-11)13(15)18-12-6-4-3-5-7-12/h3-7,11H,2,8-10H2,1H3. The Hall–Kier alpha value is -1.56. The molecule has 1 heterocycles. The minimum absolute atomic E-state index is 0.0325. The molecule has 0 spiro atoms. The second kappa shape index (κ2) is 5.61. The van der Waals surface area contributed by atoms with Gasteiger partial charge in [-0.15, -0.1) is 0 Å². The molecule has 0 aliphatic carbocycles. The molecule has 0 N–H and O–H groups in total. The number of rotatable bonds is 3. The topological polar surface area (TPSA) is 63.7 Å². The van der Waals surface area contributed by atoms with Crippen molar-refractivity contribution in [1.82, 2.24) is 4.90 Å². The smallest absolute Gasteiger partial charge is 0.410 e. The maximum Gasteiger partial charge on any atom is 0.415 e. The van der Waals surface area contributed by atoms with Gasteiger partial charge in [0, 0.05) is 12.6 Å². The van der Waals surface area contributed by atoms with Crippen LogP contribution in [0, 0.1) is 0 Å². The van der Waals surface area contributed by atoms with E-state index < -0.39 is 15.9 Å². The van der Waals surface area contributed by atoms with Gasteiger partial charge in [0.05, 0.1) is 11.5 Å². The Morgan fingerprint density at radius 3 is 2.58 bits per heavy atom. The molecule has 1 fully saturated rings. The first kappa shape index (κ1) is 13.9. The fourth-order valence-electron chi connectivity index (χ4n) is 2.21. The third-order valence-corrected chi connectivity index (χ3v) is 4.92. The lowest BCUT2D eigenvalue weighted by Crippen LogP contribution is -2.42. The fraction of sp³-hybridized carbons (Fsp3) is 0.462. The number of para-hydroxylation sites is 1. The van der Waals surface area contributed by atoms with E-state index in [0.717, 1.165) is 0 Å². The third-order valence-electron chi connectivity index (χ3n) is 3.17. The van der Waals surface area contributed by atoms with E-state index in [1.165, 1.54) is 4.90 Å². The summed E-state index contributed by atoms with van der Waals surface area (Å²) in [7, 11) is -3.01. The Kier molecular flexibility index (Phi) is 4.09. The second-order valence-corrected chi connectivity index (χ2v) is 6.75. The maximum atomic E-state index is 12.1. The zero-order chi connectivity index (χ0) is 13.9. The first-order chi connectivity index (χ1) is 9.02. The van der Waals surface area contributed by atoms with Crippen molar-refractivity contribution in [3.8, 4) is 5.75 Å².